The molecule has 6 heteroatoms. The summed E-state index contributed by atoms with van der Waals surface area (Å²) in [4.78, 5) is 24.5. The van der Waals surface area contributed by atoms with E-state index in [-0.39, 0.29) is 17.9 Å². The highest BCUT2D eigenvalue weighted by atomic mass is 16.5. The van der Waals surface area contributed by atoms with Gasteiger partial charge in [-0.3, -0.25) is 9.59 Å². The summed E-state index contributed by atoms with van der Waals surface area (Å²) in [6, 6.07) is 13.8. The summed E-state index contributed by atoms with van der Waals surface area (Å²) in [5.74, 6) is 0.265. The van der Waals surface area contributed by atoms with Crippen molar-refractivity contribution in [2.45, 2.75) is 26.4 Å². The van der Waals surface area contributed by atoms with Crippen molar-refractivity contribution in [2.75, 3.05) is 25.6 Å². The van der Waals surface area contributed by atoms with Crippen molar-refractivity contribution >= 4 is 17.5 Å². The molecule has 0 aromatic heterocycles. The second kappa shape index (κ2) is 10.3. The zero-order valence-corrected chi connectivity index (χ0v) is 16.0. The van der Waals surface area contributed by atoms with Crippen molar-refractivity contribution in [2.24, 2.45) is 0 Å². The Morgan fingerprint density at radius 1 is 1.00 bits per heavy atom. The number of anilines is 1. The van der Waals surface area contributed by atoms with Crippen LogP contribution in [0.1, 0.15) is 41.0 Å². The summed E-state index contributed by atoms with van der Waals surface area (Å²) in [5, 5.41) is 5.64. The van der Waals surface area contributed by atoms with E-state index >= 15 is 0 Å². The first kappa shape index (κ1) is 20.5. The number of benzene rings is 2. The highest BCUT2D eigenvalue weighted by Gasteiger charge is 2.09. The van der Waals surface area contributed by atoms with Crippen molar-refractivity contribution < 1.29 is 19.1 Å². The second-order valence-corrected chi connectivity index (χ2v) is 6.33. The number of amides is 2. The normalized spacial score (nSPS) is 10.5. The molecule has 27 heavy (non-hydrogen) atoms. The van der Waals surface area contributed by atoms with Crippen LogP contribution in [-0.4, -0.2) is 38.2 Å². The smallest absolute Gasteiger partial charge is 0.255 e. The Morgan fingerprint density at radius 2 is 1.74 bits per heavy atom. The van der Waals surface area contributed by atoms with E-state index in [0.717, 1.165) is 6.42 Å². The fraction of sp³-hybridized carbons (Fsp3) is 0.333. The van der Waals surface area contributed by atoms with Gasteiger partial charge < -0.3 is 20.1 Å². The molecule has 0 bridgehead atoms. The van der Waals surface area contributed by atoms with Gasteiger partial charge in [0.2, 0.25) is 0 Å². The van der Waals surface area contributed by atoms with Gasteiger partial charge in [0.1, 0.15) is 5.75 Å². The molecule has 6 nitrogen and oxygen atoms in total. The molecule has 144 valence electrons. The molecule has 0 radical (unpaired) electrons. The Bertz CT molecular complexity index is 757. The van der Waals surface area contributed by atoms with Gasteiger partial charge in [-0.05, 0) is 62.7 Å². The molecular formula is C21H26N2O4. The van der Waals surface area contributed by atoms with Crippen LogP contribution in [0.2, 0.25) is 0 Å². The average Bonchev–Trinajstić information content (AvgIpc) is 2.65. The number of hydrogen-bond donors (Lipinski definition) is 2. The van der Waals surface area contributed by atoms with Crippen molar-refractivity contribution in [3.05, 3.63) is 59.7 Å². The molecule has 0 unspecified atom stereocenters. The summed E-state index contributed by atoms with van der Waals surface area (Å²) >= 11 is 0. The Balaban J connectivity index is 1.94. The monoisotopic (exact) mass is 370 g/mol. The molecule has 2 amide bonds. The maximum atomic E-state index is 12.4. The summed E-state index contributed by atoms with van der Waals surface area (Å²) in [6.07, 6.45) is 0.798. The Morgan fingerprint density at radius 3 is 2.41 bits per heavy atom. The van der Waals surface area contributed by atoms with Gasteiger partial charge in [0.05, 0.1) is 6.10 Å². The molecule has 2 rings (SSSR count). The quantitative estimate of drug-likeness (QED) is 0.663. The van der Waals surface area contributed by atoms with Crippen LogP contribution in [0.4, 0.5) is 5.69 Å². The van der Waals surface area contributed by atoms with Crippen LogP contribution in [0.3, 0.4) is 0 Å². The summed E-state index contributed by atoms with van der Waals surface area (Å²) in [5.41, 5.74) is 1.66. The lowest BCUT2D eigenvalue weighted by atomic mass is 10.1. The predicted octanol–water partition coefficient (Wildman–Crippen LogP) is 3.49. The fourth-order valence-corrected chi connectivity index (χ4v) is 2.41. The SMILES string of the molecule is COCCCNC(=O)c1ccc(NC(=O)c2cccc(OC(C)C)c2)cc1. The van der Waals surface area contributed by atoms with E-state index in [9.17, 15) is 9.59 Å². The standard InChI is InChI=1S/C21H26N2O4/c1-15(2)27-19-7-4-6-17(14-19)21(25)23-18-10-8-16(9-11-18)20(24)22-12-5-13-26-3/h4,6-11,14-15H,5,12-13H2,1-3H3,(H,22,24)(H,23,25). The van der Waals surface area contributed by atoms with Gasteiger partial charge >= 0.3 is 0 Å². The zero-order chi connectivity index (χ0) is 19.6. The van der Waals surface area contributed by atoms with Gasteiger partial charge in [0.15, 0.2) is 0 Å². The van der Waals surface area contributed by atoms with Gasteiger partial charge in [0, 0.05) is 37.1 Å². The number of nitrogens with one attached hydrogen (secondary N) is 2. The molecule has 0 atom stereocenters. The minimum atomic E-state index is -0.235. The number of hydrogen-bond acceptors (Lipinski definition) is 4. The minimum absolute atomic E-state index is 0.0384. The minimum Gasteiger partial charge on any atom is -0.491 e. The number of rotatable bonds is 9. The Kier molecular flexibility index (Phi) is 7.82. The zero-order valence-electron chi connectivity index (χ0n) is 16.0. The van der Waals surface area contributed by atoms with E-state index in [2.05, 4.69) is 10.6 Å². The van der Waals surface area contributed by atoms with Crippen LogP contribution < -0.4 is 15.4 Å². The van der Waals surface area contributed by atoms with E-state index in [1.54, 1.807) is 49.6 Å². The molecule has 0 aliphatic rings. The maximum Gasteiger partial charge on any atom is 0.255 e. The molecule has 2 N–H and O–H groups in total. The van der Waals surface area contributed by atoms with E-state index in [1.165, 1.54) is 0 Å². The van der Waals surface area contributed by atoms with Crippen LogP contribution in [0.5, 0.6) is 5.75 Å². The molecule has 0 spiro atoms. The summed E-state index contributed by atoms with van der Waals surface area (Å²) in [6.45, 7) is 5.03. The average molecular weight is 370 g/mol. The van der Waals surface area contributed by atoms with Crippen LogP contribution in [0, 0.1) is 0 Å². The summed E-state index contributed by atoms with van der Waals surface area (Å²) in [7, 11) is 1.63. The number of carbonyl (C=O) groups excluding carboxylic acids is 2. The lowest BCUT2D eigenvalue weighted by molar-refractivity contribution is 0.0948. The topological polar surface area (TPSA) is 76.7 Å². The molecule has 0 aliphatic heterocycles. The Labute approximate surface area is 159 Å². The molecular weight excluding hydrogens is 344 g/mol. The second-order valence-electron chi connectivity index (χ2n) is 6.33. The van der Waals surface area contributed by atoms with Gasteiger partial charge in [-0.1, -0.05) is 6.07 Å². The van der Waals surface area contributed by atoms with Crippen molar-refractivity contribution in [3.63, 3.8) is 0 Å². The maximum absolute atomic E-state index is 12.4. The van der Waals surface area contributed by atoms with Crippen molar-refractivity contribution in [3.8, 4) is 5.75 Å². The first-order valence-electron chi connectivity index (χ1n) is 8.95. The molecule has 0 aliphatic carbocycles. The van der Waals surface area contributed by atoms with Crippen molar-refractivity contribution in [1.29, 1.82) is 0 Å². The lowest BCUT2D eigenvalue weighted by Gasteiger charge is -2.11. The van der Waals surface area contributed by atoms with E-state index in [0.29, 0.717) is 35.7 Å². The van der Waals surface area contributed by atoms with Gasteiger partial charge in [0.25, 0.3) is 11.8 Å². The molecule has 0 heterocycles. The van der Waals surface area contributed by atoms with Gasteiger partial charge in [-0.15, -0.1) is 0 Å². The largest absolute Gasteiger partial charge is 0.491 e. The third-order valence-corrected chi connectivity index (χ3v) is 3.68. The number of carbonyl (C=O) groups is 2. The van der Waals surface area contributed by atoms with E-state index in [4.69, 9.17) is 9.47 Å². The van der Waals surface area contributed by atoms with Crippen LogP contribution in [0.15, 0.2) is 48.5 Å². The first-order valence-corrected chi connectivity index (χ1v) is 8.95. The molecule has 0 fully saturated rings. The molecule has 2 aromatic carbocycles. The van der Waals surface area contributed by atoms with Crippen LogP contribution >= 0.6 is 0 Å². The molecule has 0 saturated heterocycles. The fourth-order valence-electron chi connectivity index (χ4n) is 2.41. The number of methoxy groups -OCH3 is 1. The van der Waals surface area contributed by atoms with Crippen molar-refractivity contribution in [1.82, 2.24) is 5.32 Å². The van der Waals surface area contributed by atoms with Crippen LogP contribution in [-0.2, 0) is 4.74 Å². The lowest BCUT2D eigenvalue weighted by Crippen LogP contribution is -2.25. The van der Waals surface area contributed by atoms with E-state index < -0.39 is 0 Å². The third kappa shape index (κ3) is 6.75. The summed E-state index contributed by atoms with van der Waals surface area (Å²) < 4.78 is 10.6. The van der Waals surface area contributed by atoms with Gasteiger partial charge in [-0.25, -0.2) is 0 Å². The molecule has 2 aromatic rings. The van der Waals surface area contributed by atoms with Crippen LogP contribution in [0.25, 0.3) is 0 Å². The highest BCUT2D eigenvalue weighted by Crippen LogP contribution is 2.17. The first-order chi connectivity index (χ1) is 13.0. The Hall–Kier alpha value is -2.86. The number of ether oxygens (including phenoxy) is 2. The van der Waals surface area contributed by atoms with E-state index in [1.807, 2.05) is 19.9 Å². The third-order valence-electron chi connectivity index (χ3n) is 3.68. The molecule has 0 saturated carbocycles. The highest BCUT2D eigenvalue weighted by molar-refractivity contribution is 6.04. The van der Waals surface area contributed by atoms with Gasteiger partial charge in [-0.2, -0.15) is 0 Å². The predicted molar refractivity (Wildman–Crippen MR) is 105 cm³/mol.